The standard InChI is InChI=1S/C34H69N2O6P/c1-6-8-10-12-13-14-15-16-17-18-19-20-21-22-24-26-28-34(38)35-32(33(37)27-25-23-11-9-7-2)31-42-43(39,40)41-30-29-36(3,4)5/h25,27,32-33,37H,6-24,26,28-31H2,1-5H3,(H-,35,38,39,40)/p+1/b27-25+. The maximum Gasteiger partial charge on any atom is 0.472 e. The van der Waals surface area contributed by atoms with E-state index in [-0.39, 0.29) is 19.1 Å². The summed E-state index contributed by atoms with van der Waals surface area (Å²) in [7, 11) is 1.57. The summed E-state index contributed by atoms with van der Waals surface area (Å²) in [5.41, 5.74) is 0. The number of rotatable bonds is 31. The zero-order valence-electron chi connectivity index (χ0n) is 28.7. The molecule has 0 radical (unpaired) electrons. The number of quaternary nitrogens is 1. The van der Waals surface area contributed by atoms with E-state index in [1.807, 2.05) is 27.2 Å². The lowest BCUT2D eigenvalue weighted by molar-refractivity contribution is -0.870. The number of unbranched alkanes of at least 4 members (excludes halogenated alkanes) is 18. The summed E-state index contributed by atoms with van der Waals surface area (Å²) in [6, 6.07) is -0.835. The highest BCUT2D eigenvalue weighted by atomic mass is 31.2. The lowest BCUT2D eigenvalue weighted by atomic mass is 10.0. The van der Waals surface area contributed by atoms with E-state index in [0.717, 1.165) is 44.9 Å². The van der Waals surface area contributed by atoms with E-state index in [1.165, 1.54) is 83.5 Å². The summed E-state index contributed by atoms with van der Waals surface area (Å²) in [6.45, 7) is 4.69. The SMILES string of the molecule is CCCCC/C=C/C(O)C(COP(=O)(O)OCC[N+](C)(C)C)NC(=O)CCCCCCCCCCCCCCCCCC. The Morgan fingerprint density at radius 3 is 1.72 bits per heavy atom. The number of hydrogen-bond donors (Lipinski definition) is 3. The number of carbonyl (C=O) groups excluding carboxylic acids is 1. The van der Waals surface area contributed by atoms with Crippen molar-refractivity contribution in [2.75, 3.05) is 40.9 Å². The van der Waals surface area contributed by atoms with E-state index in [4.69, 9.17) is 9.05 Å². The largest absolute Gasteiger partial charge is 0.472 e. The number of aliphatic hydroxyl groups excluding tert-OH is 1. The fourth-order valence-electron chi connectivity index (χ4n) is 4.86. The molecule has 1 amide bonds. The van der Waals surface area contributed by atoms with Crippen molar-refractivity contribution >= 4 is 13.7 Å². The molecule has 3 unspecified atom stereocenters. The van der Waals surface area contributed by atoms with Crippen LogP contribution in [0.1, 0.15) is 149 Å². The van der Waals surface area contributed by atoms with Crippen LogP contribution < -0.4 is 5.32 Å². The van der Waals surface area contributed by atoms with E-state index < -0.39 is 20.0 Å². The molecular weight excluding hydrogens is 563 g/mol. The normalized spacial score (nSPS) is 15.0. The highest BCUT2D eigenvalue weighted by molar-refractivity contribution is 7.47. The number of nitrogens with zero attached hydrogens (tertiary/aromatic N) is 1. The highest BCUT2D eigenvalue weighted by Crippen LogP contribution is 2.43. The van der Waals surface area contributed by atoms with Gasteiger partial charge in [0.1, 0.15) is 13.2 Å². The minimum absolute atomic E-state index is 0.0629. The Morgan fingerprint density at radius 1 is 0.767 bits per heavy atom. The average molecular weight is 634 g/mol. The molecule has 3 N–H and O–H groups in total. The fourth-order valence-corrected chi connectivity index (χ4v) is 5.60. The van der Waals surface area contributed by atoms with Crippen LogP contribution in [0.4, 0.5) is 0 Å². The summed E-state index contributed by atoms with van der Waals surface area (Å²) in [5.74, 6) is -0.184. The van der Waals surface area contributed by atoms with Gasteiger partial charge in [0.15, 0.2) is 0 Å². The van der Waals surface area contributed by atoms with Crippen molar-refractivity contribution in [3.63, 3.8) is 0 Å². The van der Waals surface area contributed by atoms with Crippen LogP contribution in [0.3, 0.4) is 0 Å². The molecule has 0 aliphatic heterocycles. The number of carbonyl (C=O) groups is 1. The second-order valence-corrected chi connectivity index (χ2v) is 14.7. The summed E-state index contributed by atoms with van der Waals surface area (Å²) < 4.78 is 23.2. The van der Waals surface area contributed by atoms with Crippen molar-refractivity contribution < 1.29 is 32.9 Å². The van der Waals surface area contributed by atoms with Gasteiger partial charge in [-0.1, -0.05) is 135 Å². The Labute approximate surface area is 265 Å². The molecule has 256 valence electrons. The number of likely N-dealkylation sites (N-methyl/N-ethyl adjacent to an activating group) is 1. The third-order valence-corrected chi connectivity index (χ3v) is 8.74. The van der Waals surface area contributed by atoms with Gasteiger partial charge in [-0.15, -0.1) is 0 Å². The first kappa shape index (κ1) is 42.2. The minimum Gasteiger partial charge on any atom is -0.387 e. The Morgan fingerprint density at radius 2 is 1.23 bits per heavy atom. The van der Waals surface area contributed by atoms with Crippen LogP contribution in [0.2, 0.25) is 0 Å². The highest BCUT2D eigenvalue weighted by Gasteiger charge is 2.27. The predicted octanol–water partition coefficient (Wildman–Crippen LogP) is 8.46. The van der Waals surface area contributed by atoms with Gasteiger partial charge in [-0.05, 0) is 19.3 Å². The van der Waals surface area contributed by atoms with Crippen LogP contribution in [-0.4, -0.2) is 73.4 Å². The molecule has 3 atom stereocenters. The second-order valence-electron chi connectivity index (χ2n) is 13.3. The molecule has 0 heterocycles. The zero-order valence-corrected chi connectivity index (χ0v) is 29.6. The number of nitrogens with one attached hydrogen (secondary N) is 1. The Bertz CT molecular complexity index is 728. The van der Waals surface area contributed by atoms with Crippen LogP contribution in [0.15, 0.2) is 12.2 Å². The Balaban J connectivity index is 4.29. The molecule has 0 aliphatic carbocycles. The molecule has 0 aliphatic rings. The quantitative estimate of drug-likeness (QED) is 0.0306. The van der Waals surface area contributed by atoms with E-state index in [9.17, 15) is 19.4 Å². The first-order chi connectivity index (χ1) is 20.5. The van der Waals surface area contributed by atoms with Crippen molar-refractivity contribution in [2.45, 2.75) is 161 Å². The van der Waals surface area contributed by atoms with Crippen molar-refractivity contribution in [1.29, 1.82) is 0 Å². The molecule has 43 heavy (non-hydrogen) atoms. The van der Waals surface area contributed by atoms with Gasteiger partial charge < -0.3 is 19.8 Å². The average Bonchev–Trinajstić information content (AvgIpc) is 2.94. The van der Waals surface area contributed by atoms with Crippen LogP contribution >= 0.6 is 7.82 Å². The molecule has 0 aromatic rings. The summed E-state index contributed by atoms with van der Waals surface area (Å²) in [4.78, 5) is 22.8. The van der Waals surface area contributed by atoms with Gasteiger partial charge >= 0.3 is 7.82 Å². The predicted molar refractivity (Wildman–Crippen MR) is 180 cm³/mol. The lowest BCUT2D eigenvalue weighted by Crippen LogP contribution is -2.45. The van der Waals surface area contributed by atoms with Gasteiger partial charge in [0.2, 0.25) is 5.91 Å². The molecule has 8 nitrogen and oxygen atoms in total. The van der Waals surface area contributed by atoms with E-state index in [0.29, 0.717) is 17.4 Å². The Kier molecular flexibility index (Phi) is 27.1. The molecule has 9 heteroatoms. The van der Waals surface area contributed by atoms with Crippen molar-refractivity contribution in [3.05, 3.63) is 12.2 Å². The number of allylic oxidation sites excluding steroid dienone is 1. The molecule has 0 rings (SSSR count). The van der Waals surface area contributed by atoms with Gasteiger partial charge in [-0.3, -0.25) is 13.8 Å². The van der Waals surface area contributed by atoms with Crippen molar-refractivity contribution in [2.24, 2.45) is 0 Å². The topological polar surface area (TPSA) is 105 Å². The van der Waals surface area contributed by atoms with Crippen LogP contribution in [0.25, 0.3) is 0 Å². The summed E-state index contributed by atoms with van der Waals surface area (Å²) in [6.07, 6.45) is 27.4. The van der Waals surface area contributed by atoms with E-state index in [1.54, 1.807) is 6.08 Å². The van der Waals surface area contributed by atoms with Crippen molar-refractivity contribution in [1.82, 2.24) is 5.32 Å². The third-order valence-electron chi connectivity index (χ3n) is 7.76. The summed E-state index contributed by atoms with van der Waals surface area (Å²) in [5, 5.41) is 13.5. The molecule has 0 saturated heterocycles. The smallest absolute Gasteiger partial charge is 0.387 e. The molecule has 0 bridgehead atoms. The monoisotopic (exact) mass is 633 g/mol. The first-order valence-electron chi connectivity index (χ1n) is 17.6. The van der Waals surface area contributed by atoms with Crippen LogP contribution in [-0.2, 0) is 18.4 Å². The minimum atomic E-state index is -4.31. The second kappa shape index (κ2) is 27.5. The van der Waals surface area contributed by atoms with Crippen molar-refractivity contribution in [3.8, 4) is 0 Å². The maximum absolute atomic E-state index is 12.7. The van der Waals surface area contributed by atoms with Crippen LogP contribution in [0.5, 0.6) is 0 Å². The molecule has 0 aromatic heterocycles. The molecule has 0 spiro atoms. The van der Waals surface area contributed by atoms with Gasteiger partial charge in [-0.25, -0.2) is 4.57 Å². The maximum atomic E-state index is 12.7. The molecule has 0 fully saturated rings. The zero-order chi connectivity index (χ0) is 32.2. The third kappa shape index (κ3) is 29.7. The van der Waals surface area contributed by atoms with Gasteiger partial charge in [0.25, 0.3) is 0 Å². The fraction of sp³-hybridized carbons (Fsp3) is 0.912. The van der Waals surface area contributed by atoms with E-state index in [2.05, 4.69) is 19.2 Å². The van der Waals surface area contributed by atoms with E-state index >= 15 is 0 Å². The molecule has 0 aromatic carbocycles. The lowest BCUT2D eigenvalue weighted by Gasteiger charge is -2.25. The molecular formula is C34H70N2O6P+. The Hall–Kier alpha value is -0.760. The number of aliphatic hydroxyl groups is 1. The van der Waals surface area contributed by atoms with Gasteiger partial charge in [0, 0.05) is 6.42 Å². The number of amides is 1. The van der Waals surface area contributed by atoms with Crippen LogP contribution in [0, 0.1) is 0 Å². The number of phosphoric ester groups is 1. The number of phosphoric acid groups is 1. The van der Waals surface area contributed by atoms with Gasteiger partial charge in [0.05, 0.1) is 39.9 Å². The molecule has 0 saturated carbocycles. The first-order valence-corrected chi connectivity index (χ1v) is 19.1. The number of hydrogen-bond acceptors (Lipinski definition) is 5. The summed E-state index contributed by atoms with van der Waals surface area (Å²) >= 11 is 0. The van der Waals surface area contributed by atoms with Gasteiger partial charge in [-0.2, -0.15) is 0 Å².